The van der Waals surface area contributed by atoms with Crippen LogP contribution in [0, 0.1) is 0 Å². The Kier molecular flexibility index (Phi) is 7.84. The average Bonchev–Trinajstić information content (AvgIpc) is 3.17. The van der Waals surface area contributed by atoms with Crippen LogP contribution in [0.5, 0.6) is 0 Å². The van der Waals surface area contributed by atoms with Gasteiger partial charge in [0.05, 0.1) is 6.54 Å². The molecule has 2 N–H and O–H groups in total. The molecular formula is C22H21BrN2O3S. The van der Waals surface area contributed by atoms with Crippen LogP contribution in [0.4, 0.5) is 4.79 Å². The van der Waals surface area contributed by atoms with Crippen LogP contribution < -0.4 is 10.6 Å². The first kappa shape index (κ1) is 21.1. The summed E-state index contributed by atoms with van der Waals surface area (Å²) in [6.07, 6.45) is -0.245. The molecule has 2 aromatic carbocycles. The number of hydrogen-bond donors (Lipinski definition) is 2. The zero-order valence-electron chi connectivity index (χ0n) is 15.6. The first-order valence-electron chi connectivity index (χ1n) is 9.12. The molecule has 0 radical (unpaired) electrons. The van der Waals surface area contributed by atoms with Crippen molar-refractivity contribution in [1.82, 2.24) is 10.6 Å². The van der Waals surface area contributed by atoms with Crippen LogP contribution in [-0.2, 0) is 29.1 Å². The molecule has 1 heterocycles. The normalized spacial score (nSPS) is 11.5. The van der Waals surface area contributed by atoms with Gasteiger partial charge in [-0.1, -0.05) is 60.7 Å². The highest BCUT2D eigenvalue weighted by atomic mass is 79.9. The third kappa shape index (κ3) is 7.03. The molecule has 0 unspecified atom stereocenters. The SMILES string of the molecule is O=C(N[C@@H](Cc1ccccc1)C(=O)NCc1cc(Br)cs1)OCc1ccccc1. The van der Waals surface area contributed by atoms with E-state index in [0.29, 0.717) is 13.0 Å². The number of carbonyl (C=O) groups is 2. The number of ether oxygens (including phenoxy) is 1. The third-order valence-corrected chi connectivity index (χ3v) is 5.86. The van der Waals surface area contributed by atoms with Crippen molar-refractivity contribution in [3.63, 3.8) is 0 Å². The van der Waals surface area contributed by atoms with Gasteiger partial charge in [-0.25, -0.2) is 4.79 Å². The van der Waals surface area contributed by atoms with Gasteiger partial charge in [-0.05, 0) is 33.1 Å². The monoisotopic (exact) mass is 472 g/mol. The van der Waals surface area contributed by atoms with Crippen molar-refractivity contribution in [3.8, 4) is 0 Å². The van der Waals surface area contributed by atoms with E-state index < -0.39 is 12.1 Å². The minimum atomic E-state index is -0.732. The molecule has 0 aliphatic heterocycles. The van der Waals surface area contributed by atoms with Gasteiger partial charge in [-0.2, -0.15) is 0 Å². The second kappa shape index (κ2) is 10.8. The fraction of sp³-hybridized carbons (Fsp3) is 0.182. The van der Waals surface area contributed by atoms with Crippen LogP contribution in [0.3, 0.4) is 0 Å². The molecule has 0 saturated heterocycles. The Morgan fingerprint density at radius 3 is 2.28 bits per heavy atom. The summed E-state index contributed by atoms with van der Waals surface area (Å²) < 4.78 is 6.26. The summed E-state index contributed by atoms with van der Waals surface area (Å²) in [4.78, 5) is 26.1. The molecule has 2 amide bonds. The lowest BCUT2D eigenvalue weighted by Crippen LogP contribution is -2.47. The van der Waals surface area contributed by atoms with Gasteiger partial charge in [0.1, 0.15) is 12.6 Å². The zero-order chi connectivity index (χ0) is 20.5. The number of carbonyl (C=O) groups excluding carboxylic acids is 2. The molecule has 0 aliphatic carbocycles. The van der Waals surface area contributed by atoms with Crippen LogP contribution in [0.25, 0.3) is 0 Å². The van der Waals surface area contributed by atoms with E-state index >= 15 is 0 Å². The number of amides is 2. The van der Waals surface area contributed by atoms with Gasteiger partial charge in [-0.15, -0.1) is 11.3 Å². The maximum Gasteiger partial charge on any atom is 0.408 e. The van der Waals surface area contributed by atoms with Crippen molar-refractivity contribution in [3.05, 3.63) is 92.6 Å². The molecular weight excluding hydrogens is 452 g/mol. The molecule has 3 rings (SSSR count). The highest BCUT2D eigenvalue weighted by Crippen LogP contribution is 2.19. The summed E-state index contributed by atoms with van der Waals surface area (Å²) >= 11 is 4.96. The lowest BCUT2D eigenvalue weighted by molar-refractivity contribution is -0.123. The van der Waals surface area contributed by atoms with E-state index in [9.17, 15) is 9.59 Å². The summed E-state index contributed by atoms with van der Waals surface area (Å²) in [6.45, 7) is 0.552. The van der Waals surface area contributed by atoms with Crippen molar-refractivity contribution in [1.29, 1.82) is 0 Å². The summed E-state index contributed by atoms with van der Waals surface area (Å²) in [5.41, 5.74) is 1.84. The van der Waals surface area contributed by atoms with Gasteiger partial charge in [0.2, 0.25) is 5.91 Å². The maximum atomic E-state index is 12.7. The predicted octanol–water partition coefficient (Wildman–Crippen LogP) is 4.66. The standard InChI is InChI=1S/C22H21BrN2O3S/c23-18-12-19(29-15-18)13-24-21(26)20(11-16-7-3-1-4-8-16)25-22(27)28-14-17-9-5-2-6-10-17/h1-10,12,15,20H,11,13-14H2,(H,24,26)(H,25,27)/t20-/m0/s1. The highest BCUT2D eigenvalue weighted by Gasteiger charge is 2.22. The Morgan fingerprint density at radius 2 is 1.66 bits per heavy atom. The van der Waals surface area contributed by atoms with E-state index in [4.69, 9.17) is 4.74 Å². The number of halogens is 1. The molecule has 29 heavy (non-hydrogen) atoms. The van der Waals surface area contributed by atoms with Gasteiger partial charge in [0.25, 0.3) is 0 Å². The molecule has 0 spiro atoms. The topological polar surface area (TPSA) is 67.4 Å². The Balaban J connectivity index is 1.60. The second-order valence-corrected chi connectivity index (χ2v) is 8.31. The van der Waals surface area contributed by atoms with E-state index in [-0.39, 0.29) is 12.5 Å². The van der Waals surface area contributed by atoms with Gasteiger partial charge in [0, 0.05) is 21.2 Å². The van der Waals surface area contributed by atoms with Crippen LogP contribution in [0.15, 0.2) is 76.6 Å². The van der Waals surface area contributed by atoms with Crippen LogP contribution in [0.1, 0.15) is 16.0 Å². The average molecular weight is 473 g/mol. The molecule has 150 valence electrons. The van der Waals surface area contributed by atoms with Crippen LogP contribution in [0.2, 0.25) is 0 Å². The number of nitrogens with one attached hydrogen (secondary N) is 2. The number of benzene rings is 2. The first-order chi connectivity index (χ1) is 14.1. The van der Waals surface area contributed by atoms with Gasteiger partial charge < -0.3 is 15.4 Å². The predicted molar refractivity (Wildman–Crippen MR) is 118 cm³/mol. The van der Waals surface area contributed by atoms with Gasteiger partial charge >= 0.3 is 6.09 Å². The van der Waals surface area contributed by atoms with Crippen molar-refractivity contribution in [2.75, 3.05) is 0 Å². The molecule has 5 nitrogen and oxygen atoms in total. The smallest absolute Gasteiger partial charge is 0.408 e. The van der Waals surface area contributed by atoms with Gasteiger partial charge in [0.15, 0.2) is 0 Å². The summed E-state index contributed by atoms with van der Waals surface area (Å²) in [6, 6.07) is 20.2. The van der Waals surface area contributed by atoms with Gasteiger partial charge in [-0.3, -0.25) is 4.79 Å². The molecule has 3 aromatic rings. The fourth-order valence-electron chi connectivity index (χ4n) is 2.71. The van der Waals surface area contributed by atoms with E-state index in [2.05, 4.69) is 26.6 Å². The van der Waals surface area contributed by atoms with E-state index in [1.165, 1.54) is 0 Å². The molecule has 0 fully saturated rings. The first-order valence-corrected chi connectivity index (χ1v) is 10.8. The highest BCUT2D eigenvalue weighted by molar-refractivity contribution is 9.10. The number of rotatable bonds is 8. The fourth-order valence-corrected chi connectivity index (χ4v) is 4.10. The summed E-state index contributed by atoms with van der Waals surface area (Å²) in [5, 5.41) is 7.55. The number of alkyl carbamates (subject to hydrolysis) is 1. The van der Waals surface area contributed by atoms with E-state index in [0.717, 1.165) is 20.5 Å². The van der Waals surface area contributed by atoms with Crippen molar-refractivity contribution in [2.45, 2.75) is 25.6 Å². The van der Waals surface area contributed by atoms with E-state index in [1.807, 2.05) is 72.1 Å². The Bertz CT molecular complexity index is 932. The Morgan fingerprint density at radius 1 is 1.00 bits per heavy atom. The second-order valence-electron chi connectivity index (χ2n) is 6.40. The molecule has 1 aromatic heterocycles. The molecule has 0 aliphatic rings. The number of hydrogen-bond acceptors (Lipinski definition) is 4. The van der Waals surface area contributed by atoms with Crippen molar-refractivity contribution in [2.24, 2.45) is 0 Å². The van der Waals surface area contributed by atoms with Crippen LogP contribution in [-0.4, -0.2) is 18.0 Å². The lowest BCUT2D eigenvalue weighted by Gasteiger charge is -2.18. The Labute approximate surface area is 182 Å². The quantitative estimate of drug-likeness (QED) is 0.500. The van der Waals surface area contributed by atoms with Crippen molar-refractivity contribution >= 4 is 39.3 Å². The summed E-state index contributed by atoms with van der Waals surface area (Å²) in [7, 11) is 0. The number of thiophene rings is 1. The third-order valence-electron chi connectivity index (χ3n) is 4.16. The van der Waals surface area contributed by atoms with Crippen molar-refractivity contribution < 1.29 is 14.3 Å². The Hall–Kier alpha value is -2.64. The zero-order valence-corrected chi connectivity index (χ0v) is 18.0. The molecule has 0 saturated carbocycles. The minimum absolute atomic E-state index is 0.148. The van der Waals surface area contributed by atoms with Crippen LogP contribution >= 0.6 is 27.3 Å². The summed E-state index contributed by atoms with van der Waals surface area (Å²) in [5.74, 6) is -0.255. The van der Waals surface area contributed by atoms with E-state index in [1.54, 1.807) is 11.3 Å². The largest absolute Gasteiger partial charge is 0.445 e. The molecule has 1 atom stereocenters. The lowest BCUT2D eigenvalue weighted by atomic mass is 10.1. The molecule has 7 heteroatoms. The molecule has 0 bridgehead atoms. The maximum absolute atomic E-state index is 12.7. The minimum Gasteiger partial charge on any atom is -0.445 e.